The van der Waals surface area contributed by atoms with E-state index in [1.807, 2.05) is 0 Å². The summed E-state index contributed by atoms with van der Waals surface area (Å²) in [4.78, 5) is 0. The number of aryl methyl sites for hydroxylation is 3. The molecular weight excluding hydrogens is 148 g/mol. The van der Waals surface area contributed by atoms with Gasteiger partial charge in [0, 0.05) is 12.7 Å². The summed E-state index contributed by atoms with van der Waals surface area (Å²) < 4.78 is 2.07. The second-order valence-electron chi connectivity index (χ2n) is 3.23. The van der Waals surface area contributed by atoms with Crippen LogP contribution in [0.1, 0.15) is 37.9 Å². The van der Waals surface area contributed by atoms with E-state index >= 15 is 0 Å². The molecule has 0 aliphatic heterocycles. The molecule has 0 amide bonds. The van der Waals surface area contributed by atoms with Crippen molar-refractivity contribution in [1.29, 1.82) is 0 Å². The van der Waals surface area contributed by atoms with Crippen LogP contribution in [0, 0.1) is 6.92 Å². The number of nitrogens with zero attached hydrogens (tertiary/aromatic N) is 2. The molecule has 0 N–H and O–H groups in total. The fourth-order valence-corrected chi connectivity index (χ4v) is 1.35. The van der Waals surface area contributed by atoms with Gasteiger partial charge in [0.05, 0.1) is 5.69 Å². The Morgan fingerprint density at radius 2 is 2.17 bits per heavy atom. The van der Waals surface area contributed by atoms with Crippen LogP contribution in [0.5, 0.6) is 0 Å². The molecule has 0 aromatic carbocycles. The van der Waals surface area contributed by atoms with Crippen molar-refractivity contribution >= 4 is 0 Å². The van der Waals surface area contributed by atoms with E-state index in [0.717, 1.165) is 13.0 Å². The summed E-state index contributed by atoms with van der Waals surface area (Å²) in [7, 11) is 0. The lowest BCUT2D eigenvalue weighted by Crippen LogP contribution is -1.98. The third-order valence-electron chi connectivity index (χ3n) is 2.12. The maximum Gasteiger partial charge on any atom is 0.0650 e. The van der Waals surface area contributed by atoms with Crippen molar-refractivity contribution in [2.45, 2.75) is 46.6 Å². The van der Waals surface area contributed by atoms with E-state index in [1.165, 1.54) is 24.1 Å². The molecule has 0 saturated heterocycles. The van der Waals surface area contributed by atoms with Crippen LogP contribution in [0.15, 0.2) is 6.20 Å². The van der Waals surface area contributed by atoms with Crippen LogP contribution in [-0.4, -0.2) is 9.78 Å². The molecular formula is C10H18N2. The van der Waals surface area contributed by atoms with Gasteiger partial charge in [-0.3, -0.25) is 4.68 Å². The molecule has 0 atom stereocenters. The van der Waals surface area contributed by atoms with Crippen molar-refractivity contribution in [3.8, 4) is 0 Å². The molecule has 1 heterocycles. The minimum Gasteiger partial charge on any atom is -0.272 e. The number of rotatable bonds is 4. The van der Waals surface area contributed by atoms with Crippen LogP contribution in [0.2, 0.25) is 0 Å². The topological polar surface area (TPSA) is 17.8 Å². The highest BCUT2D eigenvalue weighted by molar-refractivity contribution is 5.14. The molecule has 1 rings (SSSR count). The van der Waals surface area contributed by atoms with Gasteiger partial charge in [0.1, 0.15) is 0 Å². The van der Waals surface area contributed by atoms with Crippen LogP contribution >= 0.6 is 0 Å². The Morgan fingerprint density at radius 1 is 1.42 bits per heavy atom. The van der Waals surface area contributed by atoms with Gasteiger partial charge in [-0.15, -0.1) is 0 Å². The van der Waals surface area contributed by atoms with E-state index in [2.05, 4.69) is 36.7 Å². The Morgan fingerprint density at radius 3 is 2.67 bits per heavy atom. The highest BCUT2D eigenvalue weighted by Gasteiger charge is 2.01. The number of hydrogen-bond donors (Lipinski definition) is 0. The summed E-state index contributed by atoms with van der Waals surface area (Å²) in [6.45, 7) is 7.56. The number of hydrogen-bond acceptors (Lipinski definition) is 1. The van der Waals surface area contributed by atoms with Crippen molar-refractivity contribution in [2.24, 2.45) is 0 Å². The van der Waals surface area contributed by atoms with Crippen LogP contribution in [0.25, 0.3) is 0 Å². The van der Waals surface area contributed by atoms with Crippen LogP contribution < -0.4 is 0 Å². The summed E-state index contributed by atoms with van der Waals surface area (Å²) in [5.41, 5.74) is 2.57. The Kier molecular flexibility index (Phi) is 3.32. The van der Waals surface area contributed by atoms with Gasteiger partial charge in [-0.05, 0) is 25.3 Å². The molecule has 2 nitrogen and oxygen atoms in total. The predicted molar refractivity (Wildman–Crippen MR) is 51.3 cm³/mol. The fourth-order valence-electron chi connectivity index (χ4n) is 1.35. The summed E-state index contributed by atoms with van der Waals surface area (Å²) in [6.07, 6.45) is 5.66. The number of unbranched alkanes of at least 4 members (excludes halogenated alkanes) is 1. The summed E-state index contributed by atoms with van der Waals surface area (Å²) in [5.74, 6) is 0. The largest absolute Gasteiger partial charge is 0.272 e. The maximum atomic E-state index is 4.48. The van der Waals surface area contributed by atoms with Gasteiger partial charge in [-0.1, -0.05) is 20.3 Å². The molecule has 0 bridgehead atoms. The molecule has 0 saturated carbocycles. The normalized spacial score (nSPS) is 10.6. The minimum atomic E-state index is 1.05. The zero-order chi connectivity index (χ0) is 8.97. The number of aromatic nitrogens is 2. The minimum absolute atomic E-state index is 1.05. The first-order valence-electron chi connectivity index (χ1n) is 4.80. The van der Waals surface area contributed by atoms with Gasteiger partial charge in [0.2, 0.25) is 0 Å². The molecule has 0 aliphatic carbocycles. The first-order chi connectivity index (χ1) is 5.77. The summed E-state index contributed by atoms with van der Waals surface area (Å²) in [6, 6.07) is 0. The highest BCUT2D eigenvalue weighted by Crippen LogP contribution is 2.06. The Balaban J connectivity index is 2.62. The molecule has 0 fully saturated rings. The average Bonchev–Trinajstić information content (AvgIpc) is 2.43. The smallest absolute Gasteiger partial charge is 0.0650 e. The van der Waals surface area contributed by atoms with Crippen LogP contribution in [0.3, 0.4) is 0 Å². The third kappa shape index (κ3) is 2.10. The lowest BCUT2D eigenvalue weighted by Gasteiger charge is -1.97. The summed E-state index contributed by atoms with van der Waals surface area (Å²) in [5, 5.41) is 4.48. The van der Waals surface area contributed by atoms with Gasteiger partial charge in [-0.25, -0.2) is 0 Å². The lowest BCUT2D eigenvalue weighted by atomic mass is 10.2. The van der Waals surface area contributed by atoms with E-state index in [-0.39, 0.29) is 0 Å². The molecule has 1 aromatic rings. The molecule has 1 aromatic heterocycles. The van der Waals surface area contributed by atoms with Crippen molar-refractivity contribution in [3.05, 3.63) is 17.5 Å². The maximum absolute atomic E-state index is 4.48. The zero-order valence-corrected chi connectivity index (χ0v) is 8.30. The standard InChI is InChI=1S/C10H18N2/c1-4-6-7-12-8-9(3)10(5-2)11-12/h8H,4-7H2,1-3H3. The predicted octanol–water partition coefficient (Wildman–Crippen LogP) is 2.55. The van der Waals surface area contributed by atoms with E-state index in [4.69, 9.17) is 0 Å². The average molecular weight is 166 g/mol. The second-order valence-corrected chi connectivity index (χ2v) is 3.23. The molecule has 2 heteroatoms. The van der Waals surface area contributed by atoms with Crippen molar-refractivity contribution in [1.82, 2.24) is 9.78 Å². The molecule has 0 unspecified atom stereocenters. The highest BCUT2D eigenvalue weighted by atomic mass is 15.3. The second kappa shape index (κ2) is 4.29. The van der Waals surface area contributed by atoms with E-state index in [1.54, 1.807) is 0 Å². The van der Waals surface area contributed by atoms with Gasteiger partial charge < -0.3 is 0 Å². The summed E-state index contributed by atoms with van der Waals surface area (Å²) >= 11 is 0. The monoisotopic (exact) mass is 166 g/mol. The molecule has 12 heavy (non-hydrogen) atoms. The lowest BCUT2D eigenvalue weighted by molar-refractivity contribution is 0.566. The molecule has 68 valence electrons. The fraction of sp³-hybridized carbons (Fsp3) is 0.700. The van der Waals surface area contributed by atoms with Crippen LogP contribution in [0.4, 0.5) is 0 Å². The van der Waals surface area contributed by atoms with Gasteiger partial charge >= 0.3 is 0 Å². The van der Waals surface area contributed by atoms with E-state index in [0.29, 0.717) is 0 Å². The quantitative estimate of drug-likeness (QED) is 0.672. The van der Waals surface area contributed by atoms with Gasteiger partial charge in [-0.2, -0.15) is 5.10 Å². The first kappa shape index (κ1) is 9.30. The Labute approximate surface area is 74.6 Å². The van der Waals surface area contributed by atoms with E-state index in [9.17, 15) is 0 Å². The van der Waals surface area contributed by atoms with Crippen molar-refractivity contribution in [3.63, 3.8) is 0 Å². The molecule has 0 spiro atoms. The Bertz CT molecular complexity index is 238. The zero-order valence-electron chi connectivity index (χ0n) is 8.30. The third-order valence-corrected chi connectivity index (χ3v) is 2.12. The van der Waals surface area contributed by atoms with Crippen molar-refractivity contribution in [2.75, 3.05) is 0 Å². The first-order valence-corrected chi connectivity index (χ1v) is 4.80. The van der Waals surface area contributed by atoms with Crippen molar-refractivity contribution < 1.29 is 0 Å². The SMILES string of the molecule is CCCCn1cc(C)c(CC)n1. The van der Waals surface area contributed by atoms with Crippen LogP contribution in [-0.2, 0) is 13.0 Å². The Hall–Kier alpha value is -0.790. The van der Waals surface area contributed by atoms with Gasteiger partial charge in [0.25, 0.3) is 0 Å². The molecule has 0 radical (unpaired) electrons. The van der Waals surface area contributed by atoms with Gasteiger partial charge in [0.15, 0.2) is 0 Å². The van der Waals surface area contributed by atoms with E-state index < -0.39 is 0 Å². The molecule has 0 aliphatic rings.